The Morgan fingerprint density at radius 2 is 1.59 bits per heavy atom. The van der Waals surface area contributed by atoms with Gasteiger partial charge in [0.25, 0.3) is 0 Å². The molecule has 0 N–H and O–H groups in total. The van der Waals surface area contributed by atoms with Crippen molar-refractivity contribution >= 4 is 46.4 Å². The van der Waals surface area contributed by atoms with Crippen molar-refractivity contribution in [3.05, 3.63) is 57.0 Å². The minimum atomic E-state index is 0.423. The molecule has 0 unspecified atom stereocenters. The second-order valence-corrected chi connectivity index (χ2v) is 5.08. The van der Waals surface area contributed by atoms with E-state index in [0.717, 1.165) is 16.7 Å². The van der Waals surface area contributed by atoms with Crippen LogP contribution in [0.3, 0.4) is 0 Å². The van der Waals surface area contributed by atoms with Gasteiger partial charge in [-0.3, -0.25) is 0 Å². The van der Waals surface area contributed by atoms with E-state index in [1.807, 2.05) is 30.3 Å². The second kappa shape index (κ2) is 5.49. The summed E-state index contributed by atoms with van der Waals surface area (Å²) in [5, 5.41) is 1.72. The van der Waals surface area contributed by atoms with E-state index in [0.29, 0.717) is 20.9 Å². The Labute approximate surface area is 120 Å². The summed E-state index contributed by atoms with van der Waals surface area (Å²) in [4.78, 5) is 0. The van der Waals surface area contributed by atoms with Crippen molar-refractivity contribution in [3.63, 3.8) is 0 Å². The van der Waals surface area contributed by atoms with Crippen LogP contribution in [0.4, 0.5) is 0 Å². The van der Waals surface area contributed by atoms with Crippen LogP contribution in [-0.2, 0) is 5.88 Å². The summed E-state index contributed by atoms with van der Waals surface area (Å²) in [6.45, 7) is 0. The first-order chi connectivity index (χ1) is 8.11. The molecule has 2 aromatic rings. The van der Waals surface area contributed by atoms with Crippen LogP contribution < -0.4 is 0 Å². The van der Waals surface area contributed by atoms with Gasteiger partial charge in [-0.25, -0.2) is 0 Å². The van der Waals surface area contributed by atoms with E-state index in [1.54, 1.807) is 6.07 Å². The molecule has 0 amide bonds. The highest BCUT2D eigenvalue weighted by Crippen LogP contribution is 2.32. The summed E-state index contributed by atoms with van der Waals surface area (Å²) in [5.41, 5.74) is 2.94. The molecular formula is C13H8Cl4. The fourth-order valence-electron chi connectivity index (χ4n) is 1.60. The number of hydrogen-bond donors (Lipinski definition) is 0. The predicted molar refractivity (Wildman–Crippen MR) is 76.5 cm³/mol. The normalized spacial score (nSPS) is 10.6. The Morgan fingerprint density at radius 3 is 2.24 bits per heavy atom. The molecule has 0 aromatic heterocycles. The summed E-state index contributed by atoms with van der Waals surface area (Å²) in [6, 6.07) is 11.1. The van der Waals surface area contributed by atoms with Gasteiger partial charge in [-0.05, 0) is 41.0 Å². The van der Waals surface area contributed by atoms with Crippen molar-refractivity contribution < 1.29 is 0 Å². The molecule has 0 fully saturated rings. The van der Waals surface area contributed by atoms with Crippen molar-refractivity contribution in [2.45, 2.75) is 5.88 Å². The first-order valence-electron chi connectivity index (χ1n) is 4.91. The summed E-state index contributed by atoms with van der Waals surface area (Å²) < 4.78 is 0. The van der Waals surface area contributed by atoms with Crippen molar-refractivity contribution in [3.8, 4) is 11.1 Å². The minimum Gasteiger partial charge on any atom is -0.122 e. The van der Waals surface area contributed by atoms with E-state index >= 15 is 0 Å². The van der Waals surface area contributed by atoms with Gasteiger partial charge in [0.15, 0.2) is 0 Å². The third-order valence-corrected chi connectivity index (χ3v) is 3.71. The van der Waals surface area contributed by atoms with Crippen LogP contribution in [-0.4, -0.2) is 0 Å². The Bertz CT molecular complexity index is 549. The van der Waals surface area contributed by atoms with Gasteiger partial charge in [0.2, 0.25) is 0 Å². The van der Waals surface area contributed by atoms with Gasteiger partial charge in [-0.15, -0.1) is 11.6 Å². The maximum atomic E-state index is 6.00. The molecule has 0 aliphatic carbocycles. The molecule has 0 aliphatic rings. The molecule has 0 radical (unpaired) electrons. The monoisotopic (exact) mass is 304 g/mol. The predicted octanol–water partition coefficient (Wildman–Crippen LogP) is 6.05. The van der Waals surface area contributed by atoms with Crippen molar-refractivity contribution in [2.75, 3.05) is 0 Å². The lowest BCUT2D eigenvalue weighted by atomic mass is 10.0. The third-order valence-electron chi connectivity index (χ3n) is 2.45. The van der Waals surface area contributed by atoms with Gasteiger partial charge in [-0.1, -0.05) is 46.9 Å². The van der Waals surface area contributed by atoms with E-state index in [-0.39, 0.29) is 0 Å². The van der Waals surface area contributed by atoms with Crippen LogP contribution in [0.2, 0.25) is 15.1 Å². The second-order valence-electron chi connectivity index (χ2n) is 3.56. The van der Waals surface area contributed by atoms with E-state index < -0.39 is 0 Å². The average molecular weight is 306 g/mol. The zero-order valence-electron chi connectivity index (χ0n) is 8.68. The molecule has 0 aliphatic heterocycles. The van der Waals surface area contributed by atoms with Crippen LogP contribution in [0.15, 0.2) is 36.4 Å². The molecule has 2 aromatic carbocycles. The summed E-state index contributed by atoms with van der Waals surface area (Å²) in [6.07, 6.45) is 0. The van der Waals surface area contributed by atoms with Gasteiger partial charge in [0, 0.05) is 10.9 Å². The lowest BCUT2D eigenvalue weighted by Gasteiger charge is -2.09. The molecular weight excluding hydrogens is 298 g/mol. The quantitative estimate of drug-likeness (QED) is 0.592. The smallest absolute Gasteiger partial charge is 0.0598 e. The zero-order valence-corrected chi connectivity index (χ0v) is 11.7. The van der Waals surface area contributed by atoms with Gasteiger partial charge >= 0.3 is 0 Å². The first kappa shape index (κ1) is 13.0. The maximum Gasteiger partial charge on any atom is 0.0598 e. The Hall–Kier alpha value is -0.400. The molecule has 4 heteroatoms. The zero-order chi connectivity index (χ0) is 12.4. The Balaban J connectivity index is 2.58. The van der Waals surface area contributed by atoms with Crippen molar-refractivity contribution in [1.29, 1.82) is 0 Å². The molecule has 17 heavy (non-hydrogen) atoms. The number of rotatable bonds is 2. The summed E-state index contributed by atoms with van der Waals surface area (Å²) in [5.74, 6) is 0.423. The van der Waals surface area contributed by atoms with E-state index in [1.165, 1.54) is 0 Å². The fraction of sp³-hybridized carbons (Fsp3) is 0.0769. The van der Waals surface area contributed by atoms with Gasteiger partial charge in [0.1, 0.15) is 0 Å². The van der Waals surface area contributed by atoms with Gasteiger partial charge in [0.05, 0.1) is 10.0 Å². The molecule has 0 atom stereocenters. The SMILES string of the molecule is ClCc1ccc(Cl)cc1-c1ccc(Cl)c(Cl)c1. The Morgan fingerprint density at radius 1 is 0.824 bits per heavy atom. The third kappa shape index (κ3) is 2.89. The van der Waals surface area contributed by atoms with E-state index in [2.05, 4.69) is 0 Å². The van der Waals surface area contributed by atoms with Gasteiger partial charge in [-0.2, -0.15) is 0 Å². The number of benzene rings is 2. The summed E-state index contributed by atoms with van der Waals surface area (Å²) in [7, 11) is 0. The molecule has 2 rings (SSSR count). The summed E-state index contributed by atoms with van der Waals surface area (Å²) >= 11 is 23.8. The highest BCUT2D eigenvalue weighted by molar-refractivity contribution is 6.42. The maximum absolute atomic E-state index is 6.00. The van der Waals surface area contributed by atoms with Crippen LogP contribution >= 0.6 is 46.4 Å². The van der Waals surface area contributed by atoms with Crippen LogP contribution in [0.5, 0.6) is 0 Å². The van der Waals surface area contributed by atoms with Crippen molar-refractivity contribution in [2.24, 2.45) is 0 Å². The molecule has 0 bridgehead atoms. The van der Waals surface area contributed by atoms with Crippen LogP contribution in [0.25, 0.3) is 11.1 Å². The lowest BCUT2D eigenvalue weighted by molar-refractivity contribution is 1.40. The van der Waals surface area contributed by atoms with Crippen LogP contribution in [0, 0.1) is 0 Å². The molecule has 0 nitrogen and oxygen atoms in total. The number of alkyl halides is 1. The highest BCUT2D eigenvalue weighted by atomic mass is 35.5. The average Bonchev–Trinajstić information content (AvgIpc) is 2.32. The minimum absolute atomic E-state index is 0.423. The fourth-order valence-corrected chi connectivity index (χ4v) is 2.30. The van der Waals surface area contributed by atoms with Gasteiger partial charge < -0.3 is 0 Å². The standard InChI is InChI=1S/C13H8Cl4/c14-7-9-1-3-10(15)6-11(9)8-2-4-12(16)13(17)5-8/h1-6H,7H2. The van der Waals surface area contributed by atoms with Crippen LogP contribution in [0.1, 0.15) is 5.56 Å². The molecule has 0 spiro atoms. The molecule has 0 heterocycles. The number of hydrogen-bond acceptors (Lipinski definition) is 0. The highest BCUT2D eigenvalue weighted by Gasteiger charge is 2.07. The van der Waals surface area contributed by atoms with E-state index in [4.69, 9.17) is 46.4 Å². The van der Waals surface area contributed by atoms with E-state index in [9.17, 15) is 0 Å². The molecule has 88 valence electrons. The number of halogens is 4. The molecule has 0 saturated carbocycles. The topological polar surface area (TPSA) is 0 Å². The largest absolute Gasteiger partial charge is 0.122 e. The molecule has 0 saturated heterocycles. The van der Waals surface area contributed by atoms with Crippen molar-refractivity contribution in [1.82, 2.24) is 0 Å². The first-order valence-corrected chi connectivity index (χ1v) is 6.58. The lowest BCUT2D eigenvalue weighted by Crippen LogP contribution is -1.86. The Kier molecular flexibility index (Phi) is 4.22.